The first-order valence-corrected chi connectivity index (χ1v) is 11.8. The molecule has 4 aromatic rings. The van der Waals surface area contributed by atoms with E-state index in [1.807, 2.05) is 0 Å². The fourth-order valence-electron chi connectivity index (χ4n) is 3.91. The molecule has 198 valence electrons. The minimum atomic E-state index is -4.38. The van der Waals surface area contributed by atoms with E-state index in [-0.39, 0.29) is 29.2 Å². The number of nitrogens with zero attached hydrogens (tertiary/aromatic N) is 3. The highest BCUT2D eigenvalue weighted by Crippen LogP contribution is 2.31. The summed E-state index contributed by atoms with van der Waals surface area (Å²) in [5.74, 6) is -3.18. The monoisotopic (exact) mass is 531 g/mol. The van der Waals surface area contributed by atoms with Gasteiger partial charge in [0.15, 0.2) is 17.2 Å². The smallest absolute Gasteiger partial charge is 0.390 e. The van der Waals surface area contributed by atoms with E-state index < -0.39 is 36.5 Å². The van der Waals surface area contributed by atoms with Crippen LogP contribution in [0.5, 0.6) is 11.6 Å². The van der Waals surface area contributed by atoms with Gasteiger partial charge in [-0.1, -0.05) is 12.1 Å². The van der Waals surface area contributed by atoms with E-state index in [4.69, 9.17) is 4.74 Å². The zero-order chi connectivity index (χ0) is 27.0. The molecule has 0 bridgehead atoms. The SMILES string of the molecule is Cc1cc(-c2cnc3c(NCCC(F)(F)F)cc(Oc4cccc(F)c4F)nn23)ccc1C(=O)NC1CC1. The molecular formula is C26H22F5N5O2. The molecule has 2 N–H and O–H groups in total. The Morgan fingerprint density at radius 1 is 1.16 bits per heavy atom. The van der Waals surface area contributed by atoms with Crippen LogP contribution in [0.2, 0.25) is 0 Å². The Balaban J connectivity index is 1.53. The highest BCUT2D eigenvalue weighted by Gasteiger charge is 2.27. The molecule has 0 spiro atoms. The van der Waals surface area contributed by atoms with Gasteiger partial charge in [0.1, 0.15) is 0 Å². The van der Waals surface area contributed by atoms with Crippen molar-refractivity contribution in [2.45, 2.75) is 38.4 Å². The van der Waals surface area contributed by atoms with Gasteiger partial charge in [0.2, 0.25) is 11.7 Å². The van der Waals surface area contributed by atoms with Crippen molar-refractivity contribution >= 4 is 17.2 Å². The van der Waals surface area contributed by atoms with Crippen LogP contribution < -0.4 is 15.4 Å². The number of carbonyl (C=O) groups is 1. The highest BCUT2D eigenvalue weighted by atomic mass is 19.4. The molecule has 0 atom stereocenters. The summed E-state index contributed by atoms with van der Waals surface area (Å²) < 4.78 is 73.0. The number of ether oxygens (including phenoxy) is 1. The van der Waals surface area contributed by atoms with E-state index in [9.17, 15) is 26.7 Å². The molecule has 0 unspecified atom stereocenters. The maximum Gasteiger partial charge on any atom is 0.390 e. The van der Waals surface area contributed by atoms with Crippen molar-refractivity contribution in [2.75, 3.05) is 11.9 Å². The molecule has 2 heterocycles. The third-order valence-electron chi connectivity index (χ3n) is 5.98. The van der Waals surface area contributed by atoms with Gasteiger partial charge in [-0.2, -0.15) is 17.6 Å². The quantitative estimate of drug-likeness (QED) is 0.272. The normalized spacial score (nSPS) is 13.5. The van der Waals surface area contributed by atoms with Crippen LogP contribution in [-0.2, 0) is 0 Å². The average molecular weight is 531 g/mol. The molecule has 1 amide bonds. The van der Waals surface area contributed by atoms with Gasteiger partial charge in [-0.25, -0.2) is 13.9 Å². The first-order chi connectivity index (χ1) is 18.1. The zero-order valence-corrected chi connectivity index (χ0v) is 20.1. The van der Waals surface area contributed by atoms with Gasteiger partial charge in [-0.15, -0.1) is 5.10 Å². The van der Waals surface area contributed by atoms with Crippen molar-refractivity contribution in [1.82, 2.24) is 19.9 Å². The number of hydrogen-bond acceptors (Lipinski definition) is 5. The number of aromatic nitrogens is 3. The second-order valence-corrected chi connectivity index (χ2v) is 9.00. The molecule has 1 aliphatic rings. The van der Waals surface area contributed by atoms with Crippen molar-refractivity contribution in [3.8, 4) is 22.9 Å². The molecule has 1 aliphatic carbocycles. The van der Waals surface area contributed by atoms with Crippen molar-refractivity contribution in [2.24, 2.45) is 0 Å². The number of anilines is 1. The summed E-state index contributed by atoms with van der Waals surface area (Å²) in [4.78, 5) is 16.8. The number of hydrogen-bond donors (Lipinski definition) is 2. The molecule has 0 radical (unpaired) electrons. The summed E-state index contributed by atoms with van der Waals surface area (Å²) >= 11 is 0. The minimum absolute atomic E-state index is 0.152. The number of carbonyl (C=O) groups excluding carboxylic acids is 1. The Hall–Kier alpha value is -4.22. The number of benzene rings is 2. The highest BCUT2D eigenvalue weighted by molar-refractivity contribution is 5.96. The van der Waals surface area contributed by atoms with Crippen LogP contribution in [0, 0.1) is 18.6 Å². The molecular weight excluding hydrogens is 509 g/mol. The van der Waals surface area contributed by atoms with Gasteiger partial charge in [0.25, 0.3) is 5.91 Å². The third kappa shape index (κ3) is 5.53. The van der Waals surface area contributed by atoms with Crippen LogP contribution in [0.4, 0.5) is 27.6 Å². The van der Waals surface area contributed by atoms with Gasteiger partial charge >= 0.3 is 6.18 Å². The Morgan fingerprint density at radius 2 is 1.95 bits per heavy atom. The van der Waals surface area contributed by atoms with Crippen molar-refractivity contribution < 1.29 is 31.5 Å². The molecule has 2 aromatic heterocycles. The molecule has 0 saturated heterocycles. The van der Waals surface area contributed by atoms with E-state index in [0.29, 0.717) is 22.4 Å². The first kappa shape index (κ1) is 25.4. The predicted octanol–water partition coefficient (Wildman–Crippen LogP) is 6.03. The Labute approximate surface area is 213 Å². The largest absolute Gasteiger partial charge is 0.434 e. The standard InChI is InChI=1S/C26H22F5N5O2/c1-14-11-15(5-8-17(14)25(37)34-16-6-7-16)20-13-33-24-19(32-10-9-26(29,30)31)12-22(35-36(20)24)38-21-4-2-3-18(27)23(21)28/h2-5,8,11-13,16,32H,6-7,9-10H2,1H3,(H,34,37). The van der Waals surface area contributed by atoms with Gasteiger partial charge < -0.3 is 15.4 Å². The average Bonchev–Trinajstić information content (AvgIpc) is 3.56. The number of fused-ring (bicyclic) bond motifs is 1. The summed E-state index contributed by atoms with van der Waals surface area (Å²) in [6, 6.07) is 9.99. The molecule has 38 heavy (non-hydrogen) atoms. The molecule has 2 aromatic carbocycles. The van der Waals surface area contributed by atoms with E-state index in [1.165, 1.54) is 28.9 Å². The molecule has 5 rings (SSSR count). The second kappa shape index (κ2) is 9.92. The number of alkyl halides is 3. The maximum atomic E-state index is 14.2. The summed E-state index contributed by atoms with van der Waals surface area (Å²) in [6.45, 7) is 1.33. The van der Waals surface area contributed by atoms with Gasteiger partial charge in [0, 0.05) is 29.8 Å². The van der Waals surface area contributed by atoms with Crippen molar-refractivity contribution in [3.63, 3.8) is 0 Å². The zero-order valence-electron chi connectivity index (χ0n) is 20.1. The topological polar surface area (TPSA) is 80.6 Å². The fourth-order valence-corrected chi connectivity index (χ4v) is 3.91. The fraction of sp³-hybridized carbons (Fsp3) is 0.269. The van der Waals surface area contributed by atoms with E-state index in [2.05, 4.69) is 20.7 Å². The lowest BCUT2D eigenvalue weighted by molar-refractivity contribution is -0.131. The number of amides is 1. The number of halogens is 5. The summed E-state index contributed by atoms with van der Waals surface area (Å²) in [7, 11) is 0. The Morgan fingerprint density at radius 3 is 2.66 bits per heavy atom. The van der Waals surface area contributed by atoms with E-state index >= 15 is 0 Å². The maximum absolute atomic E-state index is 14.2. The summed E-state index contributed by atoms with van der Waals surface area (Å²) in [5.41, 5.74) is 2.64. The van der Waals surface area contributed by atoms with E-state index in [0.717, 1.165) is 18.9 Å². The lowest BCUT2D eigenvalue weighted by Gasteiger charge is -2.13. The third-order valence-corrected chi connectivity index (χ3v) is 5.98. The summed E-state index contributed by atoms with van der Waals surface area (Å²) in [6.07, 6.45) is -2.10. The number of rotatable bonds is 8. The lowest BCUT2D eigenvalue weighted by atomic mass is 10.0. The number of aryl methyl sites for hydroxylation is 1. The van der Waals surface area contributed by atoms with Crippen LogP contribution in [0.15, 0.2) is 48.7 Å². The molecule has 1 fully saturated rings. The van der Waals surface area contributed by atoms with E-state index in [1.54, 1.807) is 25.1 Å². The van der Waals surface area contributed by atoms with Gasteiger partial charge in [0.05, 0.1) is 24.0 Å². The van der Waals surface area contributed by atoms with Crippen LogP contribution in [0.25, 0.3) is 16.9 Å². The van der Waals surface area contributed by atoms with Crippen LogP contribution in [-0.4, -0.2) is 39.3 Å². The molecule has 12 heteroatoms. The van der Waals surface area contributed by atoms with Gasteiger partial charge in [-0.05, 0) is 49.6 Å². The molecule has 7 nitrogen and oxygen atoms in total. The second-order valence-electron chi connectivity index (χ2n) is 9.00. The summed E-state index contributed by atoms with van der Waals surface area (Å²) in [5, 5.41) is 9.95. The Kier molecular flexibility index (Phi) is 6.64. The minimum Gasteiger partial charge on any atom is -0.434 e. The van der Waals surface area contributed by atoms with Crippen LogP contribution >= 0.6 is 0 Å². The lowest BCUT2D eigenvalue weighted by Crippen LogP contribution is -2.26. The van der Waals surface area contributed by atoms with Crippen LogP contribution in [0.3, 0.4) is 0 Å². The molecule has 1 saturated carbocycles. The molecule has 0 aliphatic heterocycles. The van der Waals surface area contributed by atoms with Crippen molar-refractivity contribution in [3.05, 3.63) is 71.4 Å². The van der Waals surface area contributed by atoms with Gasteiger partial charge in [-0.3, -0.25) is 4.79 Å². The predicted molar refractivity (Wildman–Crippen MR) is 129 cm³/mol. The van der Waals surface area contributed by atoms with Crippen LogP contribution in [0.1, 0.15) is 35.2 Å². The number of imidazole rings is 1. The number of nitrogens with one attached hydrogen (secondary N) is 2. The first-order valence-electron chi connectivity index (χ1n) is 11.8. The van der Waals surface area contributed by atoms with Crippen molar-refractivity contribution in [1.29, 1.82) is 0 Å². The Bertz CT molecular complexity index is 1510.